The third kappa shape index (κ3) is 5.44. The topological polar surface area (TPSA) is 139 Å². The van der Waals surface area contributed by atoms with Crippen molar-refractivity contribution in [3.8, 4) is 12.1 Å². The number of cyclic esters (lactones) is 1. The number of nitrogens with one attached hydrogen (secondary N) is 1. The van der Waals surface area contributed by atoms with Crippen LogP contribution in [0.4, 0.5) is 20.6 Å². The van der Waals surface area contributed by atoms with E-state index in [9.17, 15) is 24.9 Å². The minimum Gasteiger partial charge on any atom is -0.442 e. The predicted octanol–water partition coefficient (Wildman–Crippen LogP) is 1.40. The lowest BCUT2D eigenvalue weighted by molar-refractivity contribution is -0.141. The van der Waals surface area contributed by atoms with Gasteiger partial charge in [0.05, 0.1) is 55.2 Å². The summed E-state index contributed by atoms with van der Waals surface area (Å²) in [7, 11) is 0. The quantitative estimate of drug-likeness (QED) is 0.603. The lowest BCUT2D eigenvalue weighted by Crippen LogP contribution is -2.51. The van der Waals surface area contributed by atoms with Crippen LogP contribution in [-0.4, -0.2) is 81.4 Å². The zero-order chi connectivity index (χ0) is 26.6. The van der Waals surface area contributed by atoms with E-state index < -0.39 is 29.3 Å². The fourth-order valence-corrected chi connectivity index (χ4v) is 5.01. The van der Waals surface area contributed by atoms with Gasteiger partial charge in [-0.05, 0) is 31.0 Å². The van der Waals surface area contributed by atoms with Crippen molar-refractivity contribution in [2.24, 2.45) is 11.3 Å². The van der Waals surface area contributed by atoms with E-state index in [1.165, 1.54) is 17.9 Å². The van der Waals surface area contributed by atoms with Crippen molar-refractivity contribution < 1.29 is 28.2 Å². The van der Waals surface area contributed by atoms with E-state index in [1.807, 2.05) is 0 Å². The van der Waals surface area contributed by atoms with Gasteiger partial charge in [-0.1, -0.05) is 0 Å². The Kier molecular flexibility index (Phi) is 7.79. The molecule has 3 aliphatic heterocycles. The Bertz CT molecular complexity index is 1130. The average Bonchev–Trinajstić information content (AvgIpc) is 3.29. The molecule has 12 heteroatoms. The van der Waals surface area contributed by atoms with Crippen LogP contribution < -0.4 is 15.1 Å². The Morgan fingerprint density at radius 3 is 2.51 bits per heavy atom. The fourth-order valence-electron chi connectivity index (χ4n) is 5.01. The van der Waals surface area contributed by atoms with E-state index in [0.29, 0.717) is 50.8 Å². The molecule has 1 aromatic carbocycles. The molecule has 196 valence electrons. The second-order valence-electron chi connectivity index (χ2n) is 9.44. The molecule has 0 radical (unpaired) electrons. The number of nitrogens with zero attached hydrogens (tertiary/aromatic N) is 5. The largest absolute Gasteiger partial charge is 0.442 e. The molecule has 11 nitrogen and oxygen atoms in total. The van der Waals surface area contributed by atoms with Crippen LogP contribution in [0, 0.1) is 39.8 Å². The summed E-state index contributed by atoms with van der Waals surface area (Å²) in [6.45, 7) is 3.89. The molecule has 3 heterocycles. The Balaban J connectivity index is 1.42. The summed E-state index contributed by atoms with van der Waals surface area (Å²) in [6.07, 6.45) is -0.676. The molecule has 1 unspecified atom stereocenters. The number of amides is 3. The first-order valence-corrected chi connectivity index (χ1v) is 12.2. The van der Waals surface area contributed by atoms with Gasteiger partial charge in [-0.15, -0.1) is 0 Å². The van der Waals surface area contributed by atoms with Gasteiger partial charge in [0, 0.05) is 33.1 Å². The summed E-state index contributed by atoms with van der Waals surface area (Å²) in [4.78, 5) is 41.1. The number of anilines is 2. The normalized spacial score (nSPS) is 22.0. The van der Waals surface area contributed by atoms with Gasteiger partial charge in [-0.25, -0.2) is 9.18 Å². The summed E-state index contributed by atoms with van der Waals surface area (Å²) >= 11 is 0. The number of morpholine rings is 1. The number of halogens is 1. The third-order valence-electron chi connectivity index (χ3n) is 7.17. The second kappa shape index (κ2) is 11.0. The zero-order valence-electron chi connectivity index (χ0n) is 20.6. The molecule has 3 aliphatic rings. The van der Waals surface area contributed by atoms with Gasteiger partial charge >= 0.3 is 6.09 Å². The molecule has 1 N–H and O–H groups in total. The zero-order valence-corrected chi connectivity index (χ0v) is 20.6. The maximum atomic E-state index is 15.2. The first-order chi connectivity index (χ1) is 17.8. The molecule has 3 fully saturated rings. The van der Waals surface area contributed by atoms with Gasteiger partial charge < -0.3 is 24.6 Å². The molecule has 0 saturated carbocycles. The molecule has 0 bridgehead atoms. The Labute approximate surface area is 214 Å². The van der Waals surface area contributed by atoms with Crippen LogP contribution in [0.1, 0.15) is 19.8 Å². The van der Waals surface area contributed by atoms with E-state index in [2.05, 4.69) is 17.5 Å². The molecule has 2 atom stereocenters. The lowest BCUT2D eigenvalue weighted by atomic mass is 9.69. The van der Waals surface area contributed by atoms with Crippen LogP contribution in [0.5, 0.6) is 0 Å². The van der Waals surface area contributed by atoms with Crippen LogP contribution in [0.2, 0.25) is 0 Å². The highest BCUT2D eigenvalue weighted by Gasteiger charge is 2.48. The van der Waals surface area contributed by atoms with Crippen LogP contribution >= 0.6 is 0 Å². The molecule has 3 amide bonds. The van der Waals surface area contributed by atoms with E-state index in [1.54, 1.807) is 21.9 Å². The number of piperidine rings is 1. The molecular weight excluding hydrogens is 483 g/mol. The molecule has 0 spiro atoms. The number of carbonyl (C=O) groups excluding carboxylic acids is 3. The molecule has 4 rings (SSSR count). The highest BCUT2D eigenvalue weighted by atomic mass is 19.1. The summed E-state index contributed by atoms with van der Waals surface area (Å²) < 4.78 is 25.7. The summed E-state index contributed by atoms with van der Waals surface area (Å²) in [5.41, 5.74) is -0.509. The summed E-state index contributed by atoms with van der Waals surface area (Å²) in [6, 6.07) is 8.75. The van der Waals surface area contributed by atoms with Crippen LogP contribution in [0.3, 0.4) is 0 Å². The third-order valence-corrected chi connectivity index (χ3v) is 7.17. The Hall–Kier alpha value is -3.90. The van der Waals surface area contributed by atoms with Crippen molar-refractivity contribution in [2.75, 3.05) is 62.3 Å². The number of rotatable bonds is 6. The van der Waals surface area contributed by atoms with Crippen LogP contribution in [-0.2, 0) is 19.1 Å². The highest BCUT2D eigenvalue weighted by molar-refractivity contribution is 5.90. The first kappa shape index (κ1) is 26.2. The van der Waals surface area contributed by atoms with Gasteiger partial charge in [0.1, 0.15) is 17.8 Å². The molecule has 1 aromatic rings. The number of hydrogen-bond acceptors (Lipinski definition) is 8. The fraction of sp³-hybridized carbons (Fsp3) is 0.560. The van der Waals surface area contributed by atoms with Crippen LogP contribution in [0.25, 0.3) is 0 Å². The van der Waals surface area contributed by atoms with Gasteiger partial charge in [0.25, 0.3) is 0 Å². The number of nitriles is 2. The predicted molar refractivity (Wildman–Crippen MR) is 129 cm³/mol. The minimum atomic E-state index is -1.15. The summed E-state index contributed by atoms with van der Waals surface area (Å²) in [5, 5.41) is 22.4. The molecule has 37 heavy (non-hydrogen) atoms. The highest BCUT2D eigenvalue weighted by Crippen LogP contribution is 2.41. The van der Waals surface area contributed by atoms with E-state index in [-0.39, 0.29) is 37.7 Å². The van der Waals surface area contributed by atoms with E-state index in [0.717, 1.165) is 0 Å². The first-order valence-electron chi connectivity index (χ1n) is 12.2. The number of benzene rings is 1. The average molecular weight is 513 g/mol. The smallest absolute Gasteiger partial charge is 0.414 e. The Morgan fingerprint density at radius 2 is 1.92 bits per heavy atom. The Morgan fingerprint density at radius 1 is 1.22 bits per heavy atom. The number of carbonyl (C=O) groups is 3. The van der Waals surface area contributed by atoms with Crippen molar-refractivity contribution >= 4 is 29.3 Å². The van der Waals surface area contributed by atoms with Crippen LogP contribution in [0.15, 0.2) is 18.2 Å². The van der Waals surface area contributed by atoms with E-state index >= 15 is 4.39 Å². The lowest BCUT2D eigenvalue weighted by Gasteiger charge is -2.41. The SMILES string of the molecule is CC(=O)NC[C@H]1CN(c2ccc(N3CCC(C#N)(C(C#N)C(=O)N4CCOCC4)CC3)c(F)c2)C(=O)O1. The van der Waals surface area contributed by atoms with Crippen molar-refractivity contribution in [3.63, 3.8) is 0 Å². The van der Waals surface area contributed by atoms with Crippen molar-refractivity contribution in [1.29, 1.82) is 10.5 Å². The maximum Gasteiger partial charge on any atom is 0.414 e. The maximum absolute atomic E-state index is 15.2. The molecular formula is C25H29FN6O5. The second-order valence-corrected chi connectivity index (χ2v) is 9.44. The number of ether oxygens (including phenoxy) is 2. The van der Waals surface area contributed by atoms with Crippen molar-refractivity contribution in [1.82, 2.24) is 10.2 Å². The van der Waals surface area contributed by atoms with Crippen molar-refractivity contribution in [2.45, 2.75) is 25.9 Å². The summed E-state index contributed by atoms with van der Waals surface area (Å²) in [5.74, 6) is -2.23. The monoisotopic (exact) mass is 512 g/mol. The molecule has 3 saturated heterocycles. The van der Waals surface area contributed by atoms with Crippen molar-refractivity contribution in [3.05, 3.63) is 24.0 Å². The van der Waals surface area contributed by atoms with E-state index in [4.69, 9.17) is 9.47 Å². The van der Waals surface area contributed by atoms with Gasteiger partial charge in [0.2, 0.25) is 11.8 Å². The van der Waals surface area contributed by atoms with Gasteiger partial charge in [-0.3, -0.25) is 14.5 Å². The standard InChI is InChI=1S/C25H29FN6O5/c1-17(33)29-14-19-15-32(24(35)37-19)18-2-3-22(21(26)12-18)30-6-4-25(16-28,5-7-30)20(13-27)23(34)31-8-10-36-11-9-31/h2-3,12,19-20H,4-11,14-15H2,1H3,(H,29,33)/t19-,20?/m0/s1. The molecule has 0 aliphatic carbocycles. The molecule has 0 aromatic heterocycles. The van der Waals surface area contributed by atoms with Gasteiger partial charge in [0.15, 0.2) is 0 Å². The number of hydrogen-bond donors (Lipinski definition) is 1. The minimum absolute atomic E-state index is 0.171. The van der Waals surface area contributed by atoms with Gasteiger partial charge in [-0.2, -0.15) is 10.5 Å².